The first kappa shape index (κ1) is 21.1. The van der Waals surface area contributed by atoms with Crippen LogP contribution in [0.15, 0.2) is 40.3 Å². The molecule has 0 aliphatic carbocycles. The molecule has 1 aliphatic rings. The zero-order chi connectivity index (χ0) is 21.1. The molecule has 8 heteroatoms. The molecule has 1 amide bonds. The summed E-state index contributed by atoms with van der Waals surface area (Å²) < 4.78 is 6.85. The number of fused-ring (bicyclic) bond motifs is 2. The summed E-state index contributed by atoms with van der Waals surface area (Å²) in [6.45, 7) is 3.87. The van der Waals surface area contributed by atoms with Gasteiger partial charge in [-0.1, -0.05) is 36.9 Å². The van der Waals surface area contributed by atoms with Crippen LogP contribution in [0.25, 0.3) is 10.2 Å². The molecule has 0 unspecified atom stereocenters. The summed E-state index contributed by atoms with van der Waals surface area (Å²) in [5.74, 6) is 0.297. The average molecular weight is 444 g/mol. The Balaban J connectivity index is 1.58. The number of rotatable bonds is 8. The van der Waals surface area contributed by atoms with E-state index in [0.717, 1.165) is 34.7 Å². The van der Waals surface area contributed by atoms with E-state index in [1.165, 1.54) is 17.3 Å². The molecule has 4 rings (SSSR count). The van der Waals surface area contributed by atoms with Gasteiger partial charge in [0.15, 0.2) is 5.16 Å². The summed E-state index contributed by atoms with van der Waals surface area (Å²) in [5, 5.41) is 1.27. The first-order valence-electron chi connectivity index (χ1n) is 10.2. The van der Waals surface area contributed by atoms with E-state index in [1.807, 2.05) is 29.2 Å². The summed E-state index contributed by atoms with van der Waals surface area (Å²) in [5.41, 5.74) is 2.17. The van der Waals surface area contributed by atoms with Crippen molar-refractivity contribution in [2.75, 3.05) is 30.9 Å². The molecule has 0 saturated carbocycles. The molecule has 0 radical (unpaired) electrons. The van der Waals surface area contributed by atoms with Gasteiger partial charge in [-0.2, -0.15) is 0 Å². The van der Waals surface area contributed by atoms with E-state index in [1.54, 1.807) is 23.0 Å². The molecule has 0 saturated heterocycles. The van der Waals surface area contributed by atoms with Gasteiger partial charge in [-0.05, 0) is 37.0 Å². The number of ether oxygens (including phenoxy) is 1. The Morgan fingerprint density at radius 2 is 2.17 bits per heavy atom. The lowest BCUT2D eigenvalue weighted by atomic mass is 10.2. The van der Waals surface area contributed by atoms with Crippen molar-refractivity contribution in [2.45, 2.75) is 37.9 Å². The Kier molecular flexibility index (Phi) is 6.55. The third-order valence-electron chi connectivity index (χ3n) is 5.26. The quantitative estimate of drug-likeness (QED) is 0.301. The van der Waals surface area contributed by atoms with E-state index in [4.69, 9.17) is 9.72 Å². The van der Waals surface area contributed by atoms with Crippen molar-refractivity contribution in [1.29, 1.82) is 0 Å². The first-order chi connectivity index (χ1) is 14.6. The van der Waals surface area contributed by atoms with Crippen LogP contribution in [0.1, 0.15) is 23.8 Å². The number of anilines is 1. The third-order valence-corrected chi connectivity index (χ3v) is 7.39. The molecule has 158 valence electrons. The third kappa shape index (κ3) is 4.17. The van der Waals surface area contributed by atoms with Crippen molar-refractivity contribution in [3.63, 3.8) is 0 Å². The standard InChI is InChI=1S/C22H25N3O3S2/c1-3-16-13-17-20(30-16)23-22(25(21(17)27)10-6-12-28-2)29-14-19(26)24-11-9-15-7-4-5-8-18(15)24/h4-5,7-8,13H,3,6,9-12,14H2,1-2H3. The van der Waals surface area contributed by atoms with Crippen molar-refractivity contribution < 1.29 is 9.53 Å². The van der Waals surface area contributed by atoms with E-state index in [9.17, 15) is 9.59 Å². The highest BCUT2D eigenvalue weighted by Gasteiger charge is 2.25. The average Bonchev–Trinajstić information content (AvgIpc) is 3.38. The van der Waals surface area contributed by atoms with Crippen LogP contribution in [0.5, 0.6) is 0 Å². The summed E-state index contributed by atoms with van der Waals surface area (Å²) in [4.78, 5) is 34.5. The first-order valence-corrected chi connectivity index (χ1v) is 12.0. The normalized spacial score (nSPS) is 13.2. The molecule has 0 bridgehead atoms. The summed E-state index contributed by atoms with van der Waals surface area (Å²) >= 11 is 2.90. The highest BCUT2D eigenvalue weighted by molar-refractivity contribution is 7.99. The van der Waals surface area contributed by atoms with Crippen LogP contribution < -0.4 is 10.5 Å². The highest BCUT2D eigenvalue weighted by Crippen LogP contribution is 2.29. The van der Waals surface area contributed by atoms with Gasteiger partial charge < -0.3 is 9.64 Å². The number of amides is 1. The summed E-state index contributed by atoms with van der Waals surface area (Å²) in [7, 11) is 1.65. The van der Waals surface area contributed by atoms with E-state index >= 15 is 0 Å². The predicted octanol–water partition coefficient (Wildman–Crippen LogP) is 3.74. The van der Waals surface area contributed by atoms with Crippen LogP contribution in [0.2, 0.25) is 0 Å². The van der Waals surface area contributed by atoms with Crippen molar-refractivity contribution in [3.8, 4) is 0 Å². The minimum Gasteiger partial charge on any atom is -0.385 e. The van der Waals surface area contributed by atoms with Gasteiger partial charge >= 0.3 is 0 Å². The number of methoxy groups -OCH3 is 1. The number of aromatic nitrogens is 2. The number of benzene rings is 1. The van der Waals surface area contributed by atoms with Crippen LogP contribution in [0, 0.1) is 0 Å². The Morgan fingerprint density at radius 1 is 1.33 bits per heavy atom. The number of carbonyl (C=O) groups is 1. The van der Waals surface area contributed by atoms with Crippen LogP contribution in [0.3, 0.4) is 0 Å². The lowest BCUT2D eigenvalue weighted by molar-refractivity contribution is -0.116. The van der Waals surface area contributed by atoms with Gasteiger partial charge in [-0.25, -0.2) is 4.98 Å². The number of thioether (sulfide) groups is 1. The Labute approximate surface area is 183 Å². The molecule has 30 heavy (non-hydrogen) atoms. The van der Waals surface area contributed by atoms with Gasteiger partial charge in [0.05, 0.1) is 11.1 Å². The Bertz CT molecular complexity index is 1120. The van der Waals surface area contributed by atoms with E-state index < -0.39 is 0 Å². The fourth-order valence-electron chi connectivity index (χ4n) is 3.70. The number of carbonyl (C=O) groups excluding carboxylic acids is 1. The number of aryl methyl sites for hydroxylation is 1. The zero-order valence-corrected chi connectivity index (χ0v) is 18.9. The number of thiophene rings is 1. The lowest BCUT2D eigenvalue weighted by Crippen LogP contribution is -2.31. The van der Waals surface area contributed by atoms with Gasteiger partial charge in [0.2, 0.25) is 5.91 Å². The van der Waals surface area contributed by atoms with Gasteiger partial charge in [0, 0.05) is 37.4 Å². The molecule has 0 atom stereocenters. The molecule has 3 heterocycles. The maximum atomic E-state index is 13.1. The minimum atomic E-state index is -0.0338. The number of nitrogens with zero attached hydrogens (tertiary/aromatic N) is 3. The Hall–Kier alpha value is -2.16. The van der Waals surface area contributed by atoms with Crippen LogP contribution in [-0.2, 0) is 28.9 Å². The van der Waals surface area contributed by atoms with E-state index in [0.29, 0.717) is 30.2 Å². The van der Waals surface area contributed by atoms with Gasteiger partial charge in [0.25, 0.3) is 5.56 Å². The monoisotopic (exact) mass is 443 g/mol. The topological polar surface area (TPSA) is 64.4 Å². The van der Waals surface area contributed by atoms with E-state index in [-0.39, 0.29) is 17.2 Å². The fraction of sp³-hybridized carbons (Fsp3) is 0.409. The van der Waals surface area contributed by atoms with Crippen molar-refractivity contribution in [2.24, 2.45) is 0 Å². The molecule has 0 N–H and O–H groups in total. The summed E-state index contributed by atoms with van der Waals surface area (Å²) in [6, 6.07) is 9.98. The Morgan fingerprint density at radius 3 is 2.97 bits per heavy atom. The molecular weight excluding hydrogens is 418 g/mol. The van der Waals surface area contributed by atoms with Crippen molar-refractivity contribution >= 4 is 44.9 Å². The maximum absolute atomic E-state index is 13.1. The number of para-hydroxylation sites is 1. The molecule has 2 aromatic heterocycles. The predicted molar refractivity (Wildman–Crippen MR) is 123 cm³/mol. The second-order valence-corrected chi connectivity index (χ2v) is 9.25. The molecule has 6 nitrogen and oxygen atoms in total. The van der Waals surface area contributed by atoms with Crippen molar-refractivity contribution in [3.05, 3.63) is 51.1 Å². The molecular formula is C22H25N3O3S2. The zero-order valence-electron chi connectivity index (χ0n) is 17.2. The van der Waals surface area contributed by atoms with Crippen molar-refractivity contribution in [1.82, 2.24) is 9.55 Å². The largest absolute Gasteiger partial charge is 0.385 e. The molecule has 3 aromatic rings. The summed E-state index contributed by atoms with van der Waals surface area (Å²) in [6.07, 6.45) is 2.47. The highest BCUT2D eigenvalue weighted by atomic mass is 32.2. The van der Waals surface area contributed by atoms with Gasteiger partial charge in [-0.15, -0.1) is 11.3 Å². The van der Waals surface area contributed by atoms with Gasteiger partial charge in [0.1, 0.15) is 4.83 Å². The van der Waals surface area contributed by atoms with Gasteiger partial charge in [-0.3, -0.25) is 14.2 Å². The minimum absolute atomic E-state index is 0.0338. The smallest absolute Gasteiger partial charge is 0.262 e. The second-order valence-electron chi connectivity index (χ2n) is 7.20. The maximum Gasteiger partial charge on any atom is 0.262 e. The SMILES string of the molecule is CCc1cc2c(=O)n(CCCOC)c(SCC(=O)N3CCc4ccccc43)nc2s1. The molecule has 1 aromatic carbocycles. The van der Waals surface area contributed by atoms with Crippen LogP contribution in [0.4, 0.5) is 5.69 Å². The van der Waals surface area contributed by atoms with Crippen LogP contribution >= 0.6 is 23.1 Å². The fourth-order valence-corrected chi connectivity index (χ4v) is 5.61. The number of hydrogen-bond acceptors (Lipinski definition) is 6. The molecule has 0 spiro atoms. The van der Waals surface area contributed by atoms with Crippen LogP contribution in [-0.4, -0.2) is 41.5 Å². The van der Waals surface area contributed by atoms with E-state index in [2.05, 4.69) is 13.0 Å². The lowest BCUT2D eigenvalue weighted by Gasteiger charge is -2.17. The number of hydrogen-bond donors (Lipinski definition) is 0. The molecule has 1 aliphatic heterocycles. The second kappa shape index (κ2) is 9.32. The molecule has 0 fully saturated rings.